The second kappa shape index (κ2) is 7.77. The van der Waals surface area contributed by atoms with Crippen molar-refractivity contribution in [1.82, 2.24) is 0 Å². The van der Waals surface area contributed by atoms with E-state index in [0.29, 0.717) is 17.1 Å². The Hall–Kier alpha value is -3.55. The Kier molecular flexibility index (Phi) is 5.25. The van der Waals surface area contributed by atoms with Crippen molar-refractivity contribution in [3.05, 3.63) is 84.7 Å². The second-order valence-corrected chi connectivity index (χ2v) is 5.31. The van der Waals surface area contributed by atoms with E-state index in [-0.39, 0.29) is 5.75 Å². The third-order valence-electron chi connectivity index (χ3n) is 3.30. The summed E-state index contributed by atoms with van der Waals surface area (Å²) in [6.07, 6.45) is -1.46. The van der Waals surface area contributed by atoms with Crippen molar-refractivity contribution in [3.63, 3.8) is 0 Å². The fraction of sp³-hybridized carbons (Fsp3) is 0.0526. The summed E-state index contributed by atoms with van der Waals surface area (Å²) >= 11 is 0. The number of pyridine rings is 1. The van der Waals surface area contributed by atoms with Gasteiger partial charge < -0.3 is 14.6 Å². The minimum atomic E-state index is -4.74. The van der Waals surface area contributed by atoms with E-state index in [1.807, 2.05) is 6.07 Å². The summed E-state index contributed by atoms with van der Waals surface area (Å²) in [4.78, 5) is 0. The summed E-state index contributed by atoms with van der Waals surface area (Å²) in [5.41, 5.74) is 0.368. The molecule has 0 aliphatic rings. The van der Waals surface area contributed by atoms with E-state index in [9.17, 15) is 18.3 Å². The lowest BCUT2D eigenvalue weighted by molar-refractivity contribution is -0.681. The standard InChI is InChI=1S/C19H13F3N2O3/c20-19(21,22)27-17-10-8-16(9-11-17)26-15-6-4-14(5-7-15)18(25)23-24-12-2-1-3-13-24/h1-13H. The van der Waals surface area contributed by atoms with Crippen LogP contribution in [0.25, 0.3) is 0 Å². The first-order valence-corrected chi connectivity index (χ1v) is 7.75. The molecule has 138 valence electrons. The molecule has 3 aromatic rings. The van der Waals surface area contributed by atoms with E-state index in [1.54, 1.807) is 48.8 Å². The molecule has 5 nitrogen and oxygen atoms in total. The van der Waals surface area contributed by atoms with Gasteiger partial charge >= 0.3 is 6.36 Å². The highest BCUT2D eigenvalue weighted by atomic mass is 19.4. The van der Waals surface area contributed by atoms with Gasteiger partial charge in [-0.3, -0.25) is 0 Å². The fourth-order valence-corrected chi connectivity index (χ4v) is 2.13. The van der Waals surface area contributed by atoms with E-state index in [2.05, 4.69) is 9.84 Å². The third kappa shape index (κ3) is 5.46. The first-order valence-electron chi connectivity index (χ1n) is 7.75. The molecule has 0 N–H and O–H groups in total. The fourth-order valence-electron chi connectivity index (χ4n) is 2.13. The number of alkyl halides is 3. The molecule has 0 bridgehead atoms. The maximum Gasteiger partial charge on any atom is 0.573 e. The number of aromatic nitrogens is 1. The molecule has 0 unspecified atom stereocenters. The van der Waals surface area contributed by atoms with Crippen molar-refractivity contribution in [3.8, 4) is 17.2 Å². The van der Waals surface area contributed by atoms with Crippen LogP contribution in [0.2, 0.25) is 0 Å². The summed E-state index contributed by atoms with van der Waals surface area (Å²) in [5.74, 6) is -0.0150. The van der Waals surface area contributed by atoms with E-state index in [4.69, 9.17) is 4.74 Å². The van der Waals surface area contributed by atoms with Gasteiger partial charge in [-0.1, -0.05) is 22.9 Å². The van der Waals surface area contributed by atoms with E-state index < -0.39 is 12.3 Å². The normalized spacial score (nSPS) is 11.9. The van der Waals surface area contributed by atoms with Gasteiger partial charge in [-0.15, -0.1) is 13.2 Å². The van der Waals surface area contributed by atoms with Crippen molar-refractivity contribution >= 4 is 5.90 Å². The summed E-state index contributed by atoms with van der Waals surface area (Å²) in [7, 11) is 0. The van der Waals surface area contributed by atoms with Crippen LogP contribution in [0.4, 0.5) is 13.2 Å². The Labute approximate surface area is 152 Å². The Morgan fingerprint density at radius 2 is 1.33 bits per heavy atom. The molecule has 3 rings (SSSR count). The molecule has 0 aliphatic heterocycles. The number of hydrogen-bond donors (Lipinski definition) is 0. The Morgan fingerprint density at radius 1 is 0.815 bits per heavy atom. The average Bonchev–Trinajstić information content (AvgIpc) is 2.63. The van der Waals surface area contributed by atoms with Crippen LogP contribution < -0.4 is 19.3 Å². The van der Waals surface area contributed by atoms with Crippen LogP contribution in [0.1, 0.15) is 5.56 Å². The molecule has 2 aromatic carbocycles. The number of hydrogen-bond acceptors (Lipinski definition) is 4. The first-order chi connectivity index (χ1) is 12.9. The van der Waals surface area contributed by atoms with Crippen molar-refractivity contribution < 1.29 is 32.4 Å². The van der Waals surface area contributed by atoms with Gasteiger partial charge in [0.15, 0.2) is 0 Å². The van der Waals surface area contributed by atoms with Gasteiger partial charge in [-0.05, 0) is 47.1 Å². The van der Waals surface area contributed by atoms with Gasteiger partial charge in [-0.25, -0.2) is 0 Å². The van der Waals surface area contributed by atoms with Crippen molar-refractivity contribution in [2.45, 2.75) is 6.36 Å². The quantitative estimate of drug-likeness (QED) is 0.391. The lowest BCUT2D eigenvalue weighted by atomic mass is 10.2. The number of rotatable bonds is 5. The molecule has 27 heavy (non-hydrogen) atoms. The van der Waals surface area contributed by atoms with Gasteiger partial charge in [0.2, 0.25) is 12.4 Å². The molecule has 1 aromatic heterocycles. The number of benzene rings is 2. The summed E-state index contributed by atoms with van der Waals surface area (Å²) in [6.45, 7) is 0. The predicted octanol–water partition coefficient (Wildman–Crippen LogP) is 3.24. The number of halogens is 3. The van der Waals surface area contributed by atoms with Crippen molar-refractivity contribution in [2.24, 2.45) is 5.10 Å². The highest BCUT2D eigenvalue weighted by Gasteiger charge is 2.30. The Morgan fingerprint density at radius 3 is 1.89 bits per heavy atom. The minimum absolute atomic E-state index is 0.327. The van der Waals surface area contributed by atoms with E-state index >= 15 is 0 Å². The minimum Gasteiger partial charge on any atom is -0.854 e. The molecule has 0 fully saturated rings. The van der Waals surface area contributed by atoms with Crippen LogP contribution in [0, 0.1) is 0 Å². The highest BCUT2D eigenvalue weighted by Crippen LogP contribution is 2.27. The third-order valence-corrected chi connectivity index (χ3v) is 3.30. The SMILES string of the molecule is [O-]C(=N[n+]1ccccc1)c1ccc(Oc2ccc(OC(F)(F)F)cc2)cc1. The molecule has 0 saturated carbocycles. The van der Waals surface area contributed by atoms with Gasteiger partial charge in [0.05, 0.1) is 5.90 Å². The summed E-state index contributed by atoms with van der Waals surface area (Å²) in [5, 5.41) is 16.0. The maximum absolute atomic E-state index is 12.1. The number of ether oxygens (including phenoxy) is 2. The lowest BCUT2D eigenvalue weighted by Crippen LogP contribution is -2.33. The molecule has 0 atom stereocenters. The first kappa shape index (κ1) is 18.2. The molecule has 0 amide bonds. The molecule has 0 saturated heterocycles. The molecular weight excluding hydrogens is 361 g/mol. The Bertz CT molecular complexity index is 910. The van der Waals surface area contributed by atoms with Crippen LogP contribution >= 0.6 is 0 Å². The molecule has 0 spiro atoms. The molecule has 0 aliphatic carbocycles. The van der Waals surface area contributed by atoms with E-state index in [1.165, 1.54) is 16.8 Å². The van der Waals surface area contributed by atoms with Crippen LogP contribution in [0.3, 0.4) is 0 Å². The van der Waals surface area contributed by atoms with Gasteiger partial charge in [0, 0.05) is 12.1 Å². The number of nitrogens with zero attached hydrogens (tertiary/aromatic N) is 2. The zero-order valence-electron chi connectivity index (χ0n) is 13.8. The van der Waals surface area contributed by atoms with Crippen LogP contribution in [-0.4, -0.2) is 12.3 Å². The summed E-state index contributed by atoms with van der Waals surface area (Å²) < 4.78 is 47.1. The van der Waals surface area contributed by atoms with Crippen molar-refractivity contribution in [1.29, 1.82) is 0 Å². The summed E-state index contributed by atoms with van der Waals surface area (Å²) in [6, 6.07) is 16.5. The predicted molar refractivity (Wildman–Crippen MR) is 88.2 cm³/mol. The van der Waals surface area contributed by atoms with Crippen LogP contribution in [0.5, 0.6) is 17.2 Å². The van der Waals surface area contributed by atoms with Crippen LogP contribution in [0.15, 0.2) is 84.2 Å². The largest absolute Gasteiger partial charge is 0.854 e. The van der Waals surface area contributed by atoms with E-state index in [0.717, 1.165) is 12.1 Å². The molecule has 8 heteroatoms. The highest BCUT2D eigenvalue weighted by molar-refractivity contribution is 5.90. The van der Waals surface area contributed by atoms with Crippen LogP contribution in [-0.2, 0) is 0 Å². The second-order valence-electron chi connectivity index (χ2n) is 5.31. The maximum atomic E-state index is 12.1. The zero-order chi connectivity index (χ0) is 19.3. The topological polar surface area (TPSA) is 57.8 Å². The van der Waals surface area contributed by atoms with Gasteiger partial charge in [0.25, 0.3) is 0 Å². The molecular formula is C19H13F3N2O3. The zero-order valence-corrected chi connectivity index (χ0v) is 13.8. The monoisotopic (exact) mass is 374 g/mol. The molecule has 1 heterocycles. The average molecular weight is 374 g/mol. The lowest BCUT2D eigenvalue weighted by Gasteiger charge is -2.11. The van der Waals surface area contributed by atoms with Gasteiger partial charge in [0.1, 0.15) is 17.2 Å². The smallest absolute Gasteiger partial charge is 0.573 e. The molecule has 0 radical (unpaired) electrons. The van der Waals surface area contributed by atoms with Crippen molar-refractivity contribution in [2.75, 3.05) is 0 Å². The van der Waals surface area contributed by atoms with Gasteiger partial charge in [-0.2, -0.15) is 0 Å². The Balaban J connectivity index is 1.66.